The van der Waals surface area contributed by atoms with Crippen molar-refractivity contribution in [3.8, 4) is 0 Å². The van der Waals surface area contributed by atoms with E-state index in [0.717, 1.165) is 16.7 Å². The second-order valence-electron chi connectivity index (χ2n) is 8.71. The summed E-state index contributed by atoms with van der Waals surface area (Å²) in [4.78, 5) is 36.7. The SMILES string of the molecule is CCNC(=O)C(CC(C)C)c1ccc2nc(N)nc(C(=O)N3Cc4ccccc4C3)c2c1. The number of likely N-dealkylation sites (N-methyl/N-ethyl adjacent to an activating group) is 1. The van der Waals surface area contributed by atoms with Gasteiger partial charge in [-0.1, -0.05) is 44.2 Å². The van der Waals surface area contributed by atoms with E-state index >= 15 is 0 Å². The van der Waals surface area contributed by atoms with E-state index in [0.29, 0.717) is 42.9 Å². The number of nitrogens with one attached hydrogen (secondary N) is 1. The van der Waals surface area contributed by atoms with Crippen molar-refractivity contribution < 1.29 is 9.59 Å². The number of carbonyl (C=O) groups is 2. The predicted octanol–water partition coefficient (Wildman–Crippen LogP) is 3.63. The molecule has 7 heteroatoms. The first kappa shape index (κ1) is 21.7. The first-order valence-electron chi connectivity index (χ1n) is 11.1. The molecule has 2 heterocycles. The zero-order valence-electron chi connectivity index (χ0n) is 18.8. The summed E-state index contributed by atoms with van der Waals surface area (Å²) in [6.07, 6.45) is 0.706. The van der Waals surface area contributed by atoms with Crippen molar-refractivity contribution in [1.82, 2.24) is 20.2 Å². The van der Waals surface area contributed by atoms with Crippen molar-refractivity contribution in [2.45, 2.75) is 46.2 Å². The molecule has 1 aliphatic heterocycles. The fourth-order valence-corrected chi connectivity index (χ4v) is 4.33. The lowest BCUT2D eigenvalue weighted by Gasteiger charge is -2.20. The van der Waals surface area contributed by atoms with E-state index in [1.165, 1.54) is 0 Å². The zero-order valence-corrected chi connectivity index (χ0v) is 18.8. The molecule has 3 N–H and O–H groups in total. The molecule has 0 saturated carbocycles. The summed E-state index contributed by atoms with van der Waals surface area (Å²) >= 11 is 0. The molecule has 7 nitrogen and oxygen atoms in total. The minimum Gasteiger partial charge on any atom is -0.368 e. The number of aromatic nitrogens is 2. The number of amides is 2. The number of nitrogen functional groups attached to an aromatic ring is 1. The summed E-state index contributed by atoms with van der Waals surface area (Å²) < 4.78 is 0. The zero-order chi connectivity index (χ0) is 22.8. The Kier molecular flexibility index (Phi) is 6.08. The minimum absolute atomic E-state index is 0.0141. The first-order chi connectivity index (χ1) is 15.4. The van der Waals surface area contributed by atoms with Crippen LogP contribution in [0, 0.1) is 5.92 Å². The lowest BCUT2D eigenvalue weighted by molar-refractivity contribution is -0.122. The molecule has 0 saturated heterocycles. The topological polar surface area (TPSA) is 101 Å². The maximum absolute atomic E-state index is 13.5. The number of carbonyl (C=O) groups excluding carboxylic acids is 2. The van der Waals surface area contributed by atoms with E-state index in [4.69, 9.17) is 5.73 Å². The predicted molar refractivity (Wildman–Crippen MR) is 125 cm³/mol. The third kappa shape index (κ3) is 4.28. The highest BCUT2D eigenvalue weighted by atomic mass is 16.2. The van der Waals surface area contributed by atoms with Gasteiger partial charge in [0.15, 0.2) is 0 Å². The smallest absolute Gasteiger partial charge is 0.273 e. The minimum atomic E-state index is -0.309. The Morgan fingerprint density at radius 1 is 1.09 bits per heavy atom. The summed E-state index contributed by atoms with van der Waals surface area (Å²) in [5.74, 6) is -0.107. The molecule has 3 aromatic rings. The quantitative estimate of drug-likeness (QED) is 0.621. The second-order valence-corrected chi connectivity index (χ2v) is 8.71. The highest BCUT2D eigenvalue weighted by Crippen LogP contribution is 2.30. The normalized spacial score (nSPS) is 13.9. The molecule has 0 bridgehead atoms. The molecule has 0 aliphatic carbocycles. The molecule has 1 aromatic heterocycles. The molecule has 166 valence electrons. The van der Waals surface area contributed by atoms with E-state index in [2.05, 4.69) is 29.1 Å². The number of nitrogens with zero attached hydrogens (tertiary/aromatic N) is 3. The lowest BCUT2D eigenvalue weighted by atomic mass is 9.88. The maximum atomic E-state index is 13.5. The van der Waals surface area contributed by atoms with Gasteiger partial charge in [-0.25, -0.2) is 9.97 Å². The van der Waals surface area contributed by atoms with E-state index in [-0.39, 0.29) is 29.4 Å². The van der Waals surface area contributed by atoms with Gasteiger partial charge in [-0.3, -0.25) is 9.59 Å². The van der Waals surface area contributed by atoms with Crippen LogP contribution >= 0.6 is 0 Å². The molecular formula is C25H29N5O2. The molecule has 0 radical (unpaired) electrons. The van der Waals surface area contributed by atoms with Crippen molar-refractivity contribution in [3.63, 3.8) is 0 Å². The van der Waals surface area contributed by atoms with E-state index in [1.807, 2.05) is 49.4 Å². The third-order valence-corrected chi connectivity index (χ3v) is 5.84. The van der Waals surface area contributed by atoms with Crippen LogP contribution in [-0.4, -0.2) is 33.2 Å². The van der Waals surface area contributed by atoms with Gasteiger partial charge in [0.1, 0.15) is 5.69 Å². The average Bonchev–Trinajstić information content (AvgIpc) is 3.20. The van der Waals surface area contributed by atoms with Crippen LogP contribution in [0.3, 0.4) is 0 Å². The molecule has 1 aliphatic rings. The highest BCUT2D eigenvalue weighted by Gasteiger charge is 2.28. The monoisotopic (exact) mass is 431 g/mol. The number of fused-ring (bicyclic) bond motifs is 2. The van der Waals surface area contributed by atoms with Gasteiger partial charge in [0.2, 0.25) is 11.9 Å². The number of hydrogen-bond acceptors (Lipinski definition) is 5. The van der Waals surface area contributed by atoms with Gasteiger partial charge in [-0.2, -0.15) is 0 Å². The van der Waals surface area contributed by atoms with Crippen molar-refractivity contribution in [1.29, 1.82) is 0 Å². The van der Waals surface area contributed by atoms with Crippen molar-refractivity contribution in [2.75, 3.05) is 12.3 Å². The number of anilines is 1. The molecule has 2 amide bonds. The average molecular weight is 432 g/mol. The van der Waals surface area contributed by atoms with Gasteiger partial charge in [-0.05, 0) is 48.1 Å². The van der Waals surface area contributed by atoms with Crippen LogP contribution in [0.5, 0.6) is 0 Å². The van der Waals surface area contributed by atoms with Crippen LogP contribution < -0.4 is 11.1 Å². The van der Waals surface area contributed by atoms with Crippen molar-refractivity contribution in [3.05, 3.63) is 64.8 Å². The standard InChI is InChI=1S/C25H29N5O2/c1-4-27-23(31)19(11-15(2)3)16-9-10-21-20(12-16)22(29-25(26)28-21)24(32)30-13-17-7-5-6-8-18(17)14-30/h5-10,12,15,19H,4,11,13-14H2,1-3H3,(H,27,31)(H2,26,28,29). The number of nitrogens with two attached hydrogens (primary N) is 1. The molecule has 32 heavy (non-hydrogen) atoms. The van der Waals surface area contributed by atoms with E-state index < -0.39 is 0 Å². The van der Waals surface area contributed by atoms with Gasteiger partial charge < -0.3 is 16.0 Å². The summed E-state index contributed by atoms with van der Waals surface area (Å²) in [5, 5.41) is 3.55. The molecule has 1 unspecified atom stereocenters. The Bertz CT molecular complexity index is 1150. The number of hydrogen-bond donors (Lipinski definition) is 2. The van der Waals surface area contributed by atoms with Crippen LogP contribution in [-0.2, 0) is 17.9 Å². The summed E-state index contributed by atoms with van der Waals surface area (Å²) in [6.45, 7) is 7.74. The van der Waals surface area contributed by atoms with Gasteiger partial charge in [-0.15, -0.1) is 0 Å². The van der Waals surface area contributed by atoms with Crippen LogP contribution in [0.2, 0.25) is 0 Å². The first-order valence-corrected chi connectivity index (χ1v) is 11.1. The molecule has 1 atom stereocenters. The molecule has 0 spiro atoms. The maximum Gasteiger partial charge on any atom is 0.273 e. The van der Waals surface area contributed by atoms with E-state index in [9.17, 15) is 9.59 Å². The molecule has 4 rings (SSSR count). The van der Waals surface area contributed by atoms with Crippen LogP contribution in [0.4, 0.5) is 5.95 Å². The van der Waals surface area contributed by atoms with Gasteiger partial charge in [0.05, 0.1) is 11.4 Å². The fraction of sp³-hybridized carbons (Fsp3) is 0.360. The van der Waals surface area contributed by atoms with E-state index in [1.54, 1.807) is 4.90 Å². The van der Waals surface area contributed by atoms with Crippen molar-refractivity contribution in [2.24, 2.45) is 5.92 Å². The Morgan fingerprint density at radius 2 is 1.78 bits per heavy atom. The number of rotatable bonds is 6. The van der Waals surface area contributed by atoms with Crippen LogP contribution in [0.25, 0.3) is 10.9 Å². The summed E-state index contributed by atoms with van der Waals surface area (Å²) in [6, 6.07) is 13.6. The Balaban J connectivity index is 1.74. The molecule has 2 aromatic carbocycles. The Hall–Kier alpha value is -3.48. The molecular weight excluding hydrogens is 402 g/mol. The van der Waals surface area contributed by atoms with Gasteiger partial charge >= 0.3 is 0 Å². The van der Waals surface area contributed by atoms with Gasteiger partial charge in [0, 0.05) is 25.0 Å². The number of benzene rings is 2. The summed E-state index contributed by atoms with van der Waals surface area (Å²) in [7, 11) is 0. The Labute approximate surface area is 188 Å². The lowest BCUT2D eigenvalue weighted by Crippen LogP contribution is -2.30. The fourth-order valence-electron chi connectivity index (χ4n) is 4.33. The largest absolute Gasteiger partial charge is 0.368 e. The Morgan fingerprint density at radius 3 is 2.41 bits per heavy atom. The summed E-state index contributed by atoms with van der Waals surface area (Å²) in [5.41, 5.74) is 9.95. The van der Waals surface area contributed by atoms with Crippen LogP contribution in [0.1, 0.15) is 60.3 Å². The third-order valence-electron chi connectivity index (χ3n) is 5.84. The molecule has 0 fully saturated rings. The highest BCUT2D eigenvalue weighted by molar-refractivity contribution is 6.05. The van der Waals surface area contributed by atoms with Gasteiger partial charge in [0.25, 0.3) is 5.91 Å². The second kappa shape index (κ2) is 8.94. The van der Waals surface area contributed by atoms with Crippen LogP contribution in [0.15, 0.2) is 42.5 Å². The van der Waals surface area contributed by atoms with Crippen molar-refractivity contribution >= 4 is 28.7 Å².